The van der Waals surface area contributed by atoms with Crippen LogP contribution in [0.25, 0.3) is 42.9 Å². The van der Waals surface area contributed by atoms with Crippen LogP contribution in [-0.4, -0.2) is 15.0 Å². The van der Waals surface area contributed by atoms with Gasteiger partial charge in [-0.25, -0.2) is 15.0 Å². The summed E-state index contributed by atoms with van der Waals surface area (Å²) in [6.07, 6.45) is 1.48. The highest BCUT2D eigenvalue weighted by Gasteiger charge is 2.13. The fourth-order valence-electron chi connectivity index (χ4n) is 2.72. The van der Waals surface area contributed by atoms with Crippen molar-refractivity contribution in [2.24, 2.45) is 0 Å². The highest BCUT2D eigenvalue weighted by Crippen LogP contribution is 2.35. The summed E-state index contributed by atoms with van der Waals surface area (Å²) in [5.41, 5.74) is 8.44. The molecular weight excluding hydrogens is 308 g/mol. The molecule has 2 N–H and O–H groups in total. The highest BCUT2D eigenvalue weighted by molar-refractivity contribution is 7.25. The summed E-state index contributed by atoms with van der Waals surface area (Å²) in [5.74, 6) is 1.24. The Bertz CT molecular complexity index is 1160. The monoisotopic (exact) mass is 318 g/mol. The lowest BCUT2D eigenvalue weighted by atomic mass is 10.2. The third-order valence-electron chi connectivity index (χ3n) is 3.82. The molecule has 4 heterocycles. The van der Waals surface area contributed by atoms with Crippen molar-refractivity contribution in [2.75, 3.05) is 5.73 Å². The van der Waals surface area contributed by atoms with E-state index in [1.165, 1.54) is 17.7 Å². The Balaban J connectivity index is 1.76. The van der Waals surface area contributed by atoms with Crippen LogP contribution in [0.2, 0.25) is 0 Å². The average Bonchev–Trinajstić information content (AvgIpc) is 3.16. The largest absolute Gasteiger partial charge is 0.454 e. The molecule has 0 saturated carbocycles. The minimum atomic E-state index is 0.489. The molecule has 4 aromatic heterocycles. The Labute approximate surface area is 134 Å². The lowest BCUT2D eigenvalue weighted by molar-refractivity contribution is 0.629. The van der Waals surface area contributed by atoms with Gasteiger partial charge in [-0.3, -0.25) is 0 Å². The summed E-state index contributed by atoms with van der Waals surface area (Å²) in [6.45, 7) is 0. The van der Waals surface area contributed by atoms with Crippen LogP contribution in [-0.2, 0) is 0 Å². The molecule has 0 atom stereocenters. The maximum Gasteiger partial charge on any atom is 0.153 e. The Morgan fingerprint density at radius 2 is 1.96 bits per heavy atom. The summed E-state index contributed by atoms with van der Waals surface area (Å²) < 4.78 is 6.76. The first-order valence-corrected chi connectivity index (χ1v) is 7.90. The van der Waals surface area contributed by atoms with E-state index in [1.54, 1.807) is 0 Å². The van der Waals surface area contributed by atoms with Crippen LogP contribution in [0, 0.1) is 0 Å². The molecule has 110 valence electrons. The molecule has 0 unspecified atom stereocenters. The molecule has 0 spiro atoms. The Morgan fingerprint density at radius 1 is 1.04 bits per heavy atom. The molecule has 0 fully saturated rings. The van der Waals surface area contributed by atoms with Gasteiger partial charge in [0, 0.05) is 10.8 Å². The van der Waals surface area contributed by atoms with Crippen molar-refractivity contribution in [1.82, 2.24) is 15.0 Å². The third kappa shape index (κ3) is 1.82. The summed E-state index contributed by atoms with van der Waals surface area (Å²) in [5, 5.41) is 2.05. The predicted molar refractivity (Wildman–Crippen MR) is 92.3 cm³/mol. The molecule has 6 heteroatoms. The van der Waals surface area contributed by atoms with Crippen molar-refractivity contribution >= 4 is 48.6 Å². The lowest BCUT2D eigenvalue weighted by Crippen LogP contribution is -1.89. The van der Waals surface area contributed by atoms with Crippen molar-refractivity contribution < 1.29 is 4.42 Å². The first-order valence-electron chi connectivity index (χ1n) is 7.08. The van der Waals surface area contributed by atoms with E-state index in [0.29, 0.717) is 5.82 Å². The quantitative estimate of drug-likeness (QED) is 0.500. The molecule has 23 heavy (non-hydrogen) atoms. The summed E-state index contributed by atoms with van der Waals surface area (Å²) in [6, 6.07) is 13.9. The van der Waals surface area contributed by atoms with E-state index in [1.807, 2.05) is 42.5 Å². The number of nitrogens with zero attached hydrogens (tertiary/aromatic N) is 3. The Kier molecular flexibility index (Phi) is 2.46. The van der Waals surface area contributed by atoms with Crippen LogP contribution in [0.5, 0.6) is 0 Å². The van der Waals surface area contributed by atoms with Crippen LogP contribution in [0.1, 0.15) is 0 Å². The van der Waals surface area contributed by atoms with E-state index < -0.39 is 0 Å². The molecule has 0 bridgehead atoms. The van der Waals surface area contributed by atoms with Gasteiger partial charge < -0.3 is 10.2 Å². The van der Waals surface area contributed by atoms with Gasteiger partial charge in [-0.05, 0) is 24.3 Å². The molecule has 0 aliphatic carbocycles. The second kappa shape index (κ2) is 4.50. The number of hydrogen-bond donors (Lipinski definition) is 1. The number of aromatic nitrogens is 3. The van der Waals surface area contributed by atoms with Gasteiger partial charge >= 0.3 is 0 Å². The zero-order chi connectivity index (χ0) is 15.4. The number of rotatable bonds is 1. The van der Waals surface area contributed by atoms with Crippen LogP contribution >= 0.6 is 11.3 Å². The van der Waals surface area contributed by atoms with Crippen molar-refractivity contribution in [1.29, 1.82) is 0 Å². The van der Waals surface area contributed by atoms with Gasteiger partial charge in [0.15, 0.2) is 5.76 Å². The van der Waals surface area contributed by atoms with Gasteiger partial charge in [0.2, 0.25) is 0 Å². The zero-order valence-electron chi connectivity index (χ0n) is 11.9. The molecule has 0 aliphatic heterocycles. The smallest absolute Gasteiger partial charge is 0.153 e. The third-order valence-corrected chi connectivity index (χ3v) is 4.93. The van der Waals surface area contributed by atoms with Crippen LogP contribution in [0.4, 0.5) is 5.82 Å². The van der Waals surface area contributed by atoms with Gasteiger partial charge in [-0.15, -0.1) is 11.3 Å². The number of nitrogen functional groups attached to an aromatic ring is 1. The molecular formula is C17H10N4OS. The highest BCUT2D eigenvalue weighted by atomic mass is 32.1. The molecule has 0 aliphatic rings. The average molecular weight is 318 g/mol. The second-order valence-corrected chi connectivity index (χ2v) is 6.24. The lowest BCUT2D eigenvalue weighted by Gasteiger charge is -1.96. The number of pyridine rings is 1. The predicted octanol–water partition coefficient (Wildman–Crippen LogP) is 4.23. The molecule has 0 saturated heterocycles. The molecule has 0 radical (unpaired) electrons. The molecule has 1 aromatic carbocycles. The Morgan fingerprint density at radius 3 is 2.87 bits per heavy atom. The van der Waals surface area contributed by atoms with Gasteiger partial charge in [0.1, 0.15) is 28.3 Å². The number of fused-ring (bicyclic) bond motifs is 4. The second-order valence-electron chi connectivity index (χ2n) is 5.24. The van der Waals surface area contributed by atoms with Crippen molar-refractivity contribution in [3.8, 4) is 11.5 Å². The number of para-hydroxylation sites is 1. The van der Waals surface area contributed by atoms with Crippen LogP contribution < -0.4 is 5.73 Å². The van der Waals surface area contributed by atoms with Gasteiger partial charge in [0.05, 0.1) is 10.2 Å². The van der Waals surface area contributed by atoms with Gasteiger partial charge in [0.25, 0.3) is 0 Å². The van der Waals surface area contributed by atoms with Crippen LogP contribution in [0.15, 0.2) is 53.2 Å². The fraction of sp³-hybridized carbons (Fsp3) is 0. The minimum Gasteiger partial charge on any atom is -0.454 e. The van der Waals surface area contributed by atoms with Crippen LogP contribution in [0.3, 0.4) is 0 Å². The van der Waals surface area contributed by atoms with E-state index in [-0.39, 0.29) is 0 Å². The number of benzene rings is 1. The molecule has 5 aromatic rings. The number of thiophene rings is 1. The van der Waals surface area contributed by atoms with Crippen molar-refractivity contribution in [2.45, 2.75) is 0 Å². The molecule has 5 rings (SSSR count). The molecule has 0 amide bonds. The number of anilines is 1. The summed E-state index contributed by atoms with van der Waals surface area (Å²) in [7, 11) is 0. The number of hydrogen-bond acceptors (Lipinski definition) is 6. The normalized spacial score (nSPS) is 11.7. The van der Waals surface area contributed by atoms with Gasteiger partial charge in [-0.2, -0.15) is 0 Å². The summed E-state index contributed by atoms with van der Waals surface area (Å²) in [4.78, 5) is 14.0. The summed E-state index contributed by atoms with van der Waals surface area (Å²) >= 11 is 1.50. The standard InChI is InChI=1S/C17H10N4OS/c18-16-15-14(19-8-20-16)10-5-6-11(21-17(10)23-15)13-7-9-3-1-2-4-12(9)22-13/h1-8H,(H2,18,19,20). The van der Waals surface area contributed by atoms with E-state index in [0.717, 1.165) is 42.9 Å². The van der Waals surface area contributed by atoms with E-state index in [2.05, 4.69) is 9.97 Å². The number of nitrogens with two attached hydrogens (primary N) is 1. The van der Waals surface area contributed by atoms with Crippen molar-refractivity contribution in [3.63, 3.8) is 0 Å². The maximum absolute atomic E-state index is 5.93. The maximum atomic E-state index is 5.93. The first-order chi connectivity index (χ1) is 11.3. The zero-order valence-corrected chi connectivity index (χ0v) is 12.7. The fourth-order valence-corrected chi connectivity index (χ4v) is 3.75. The first kappa shape index (κ1) is 12.5. The van der Waals surface area contributed by atoms with E-state index in [9.17, 15) is 0 Å². The van der Waals surface area contributed by atoms with Crippen molar-refractivity contribution in [3.05, 3.63) is 48.8 Å². The van der Waals surface area contributed by atoms with E-state index in [4.69, 9.17) is 15.1 Å². The SMILES string of the molecule is Nc1ncnc2c1sc1nc(-c3cc4ccccc4o3)ccc12. The minimum absolute atomic E-state index is 0.489. The van der Waals surface area contributed by atoms with E-state index >= 15 is 0 Å². The molecule has 5 nitrogen and oxygen atoms in total. The number of furan rings is 1. The van der Waals surface area contributed by atoms with Gasteiger partial charge in [-0.1, -0.05) is 18.2 Å². The topological polar surface area (TPSA) is 77.8 Å². The Hall–Kier alpha value is -2.99.